The summed E-state index contributed by atoms with van der Waals surface area (Å²) in [6.07, 6.45) is 0. The fraction of sp³-hybridized carbons (Fsp3) is 0.222. The van der Waals surface area contributed by atoms with Gasteiger partial charge in [-0.2, -0.15) is 0 Å². The SMILES string of the molecule is CCOC(=O)c1cc(S)c(I)c(Cl)c1. The molecule has 2 nitrogen and oxygen atoms in total. The third-order valence-corrected chi connectivity index (χ3v) is 4.08. The topological polar surface area (TPSA) is 26.3 Å². The lowest BCUT2D eigenvalue weighted by molar-refractivity contribution is 0.0526. The molecule has 1 rings (SSSR count). The predicted molar refractivity (Wildman–Crippen MR) is 67.4 cm³/mol. The van der Waals surface area contributed by atoms with E-state index in [1.165, 1.54) is 0 Å². The molecule has 0 heterocycles. The molecule has 14 heavy (non-hydrogen) atoms. The van der Waals surface area contributed by atoms with Gasteiger partial charge in [-0.25, -0.2) is 4.79 Å². The summed E-state index contributed by atoms with van der Waals surface area (Å²) >= 11 is 12.2. The zero-order chi connectivity index (χ0) is 10.7. The number of halogens is 2. The van der Waals surface area contributed by atoms with Crippen LogP contribution in [0.3, 0.4) is 0 Å². The Morgan fingerprint density at radius 3 is 2.79 bits per heavy atom. The molecule has 0 radical (unpaired) electrons. The van der Waals surface area contributed by atoms with Gasteiger partial charge in [-0.1, -0.05) is 11.6 Å². The van der Waals surface area contributed by atoms with Crippen LogP contribution in [0.25, 0.3) is 0 Å². The highest BCUT2D eigenvalue weighted by molar-refractivity contribution is 14.1. The lowest BCUT2D eigenvalue weighted by atomic mass is 10.2. The highest BCUT2D eigenvalue weighted by Gasteiger charge is 2.11. The minimum atomic E-state index is -0.374. The molecule has 0 fully saturated rings. The van der Waals surface area contributed by atoms with Crippen molar-refractivity contribution in [2.75, 3.05) is 6.61 Å². The number of ether oxygens (including phenoxy) is 1. The van der Waals surface area contributed by atoms with Gasteiger partial charge in [0.15, 0.2) is 0 Å². The first-order valence-corrected chi connectivity index (χ1v) is 5.81. The second kappa shape index (κ2) is 5.23. The Bertz CT molecular complexity index is 345. The fourth-order valence-corrected chi connectivity index (χ4v) is 1.76. The standard InChI is InChI=1S/C9H8ClIO2S/c1-2-13-9(12)5-3-6(10)8(11)7(14)4-5/h3-4,14H,2H2,1H3. The number of thiol groups is 1. The highest BCUT2D eigenvalue weighted by Crippen LogP contribution is 2.26. The Hall–Kier alpha value is 0.0600. The summed E-state index contributed by atoms with van der Waals surface area (Å²) in [6, 6.07) is 3.23. The van der Waals surface area contributed by atoms with Gasteiger partial charge in [-0.15, -0.1) is 12.6 Å². The average molecular weight is 343 g/mol. The van der Waals surface area contributed by atoms with Gasteiger partial charge in [0.2, 0.25) is 0 Å². The average Bonchev–Trinajstić information content (AvgIpc) is 2.13. The van der Waals surface area contributed by atoms with Crippen LogP contribution in [-0.4, -0.2) is 12.6 Å². The van der Waals surface area contributed by atoms with E-state index in [4.69, 9.17) is 16.3 Å². The van der Waals surface area contributed by atoms with E-state index in [-0.39, 0.29) is 5.97 Å². The van der Waals surface area contributed by atoms with Gasteiger partial charge in [0, 0.05) is 8.47 Å². The summed E-state index contributed by atoms with van der Waals surface area (Å²) in [5, 5.41) is 0.515. The number of carbonyl (C=O) groups is 1. The smallest absolute Gasteiger partial charge is 0.338 e. The second-order valence-electron chi connectivity index (χ2n) is 2.51. The lowest BCUT2D eigenvalue weighted by Gasteiger charge is -2.05. The van der Waals surface area contributed by atoms with Crippen molar-refractivity contribution in [2.24, 2.45) is 0 Å². The zero-order valence-electron chi connectivity index (χ0n) is 7.38. The van der Waals surface area contributed by atoms with Crippen molar-refractivity contribution in [2.45, 2.75) is 11.8 Å². The molecule has 0 aliphatic carbocycles. The molecule has 0 saturated heterocycles. The molecule has 0 unspecified atom stereocenters. The molecule has 0 aliphatic rings. The van der Waals surface area contributed by atoms with Crippen LogP contribution in [0.1, 0.15) is 17.3 Å². The van der Waals surface area contributed by atoms with Gasteiger partial charge in [0.1, 0.15) is 0 Å². The third kappa shape index (κ3) is 2.77. The number of hydrogen-bond acceptors (Lipinski definition) is 3. The van der Waals surface area contributed by atoms with E-state index in [0.717, 1.165) is 3.57 Å². The van der Waals surface area contributed by atoms with Crippen LogP contribution in [0.15, 0.2) is 17.0 Å². The van der Waals surface area contributed by atoms with E-state index in [2.05, 4.69) is 35.2 Å². The molecule has 5 heteroatoms. The Balaban J connectivity index is 3.06. The summed E-state index contributed by atoms with van der Waals surface area (Å²) in [4.78, 5) is 12.0. The van der Waals surface area contributed by atoms with Crippen molar-refractivity contribution in [1.29, 1.82) is 0 Å². The maximum absolute atomic E-state index is 11.3. The summed E-state index contributed by atoms with van der Waals surface area (Å²) < 4.78 is 5.68. The van der Waals surface area contributed by atoms with Gasteiger partial charge in [-0.3, -0.25) is 0 Å². The maximum Gasteiger partial charge on any atom is 0.338 e. The van der Waals surface area contributed by atoms with Gasteiger partial charge in [-0.05, 0) is 41.6 Å². The Morgan fingerprint density at radius 1 is 1.64 bits per heavy atom. The zero-order valence-corrected chi connectivity index (χ0v) is 11.2. The molecule has 1 aromatic carbocycles. The number of rotatable bonds is 2. The summed E-state index contributed by atoms with van der Waals surface area (Å²) in [5.74, 6) is -0.374. The van der Waals surface area contributed by atoms with E-state index in [1.54, 1.807) is 19.1 Å². The molecule has 1 aromatic rings. The maximum atomic E-state index is 11.3. The van der Waals surface area contributed by atoms with Crippen molar-refractivity contribution in [3.8, 4) is 0 Å². The molecule has 0 bridgehead atoms. The van der Waals surface area contributed by atoms with Crippen molar-refractivity contribution < 1.29 is 9.53 Å². The first-order chi connectivity index (χ1) is 6.56. The van der Waals surface area contributed by atoms with E-state index in [0.29, 0.717) is 22.1 Å². The van der Waals surface area contributed by atoms with Crippen LogP contribution < -0.4 is 0 Å². The van der Waals surface area contributed by atoms with Crippen LogP contribution in [0, 0.1) is 3.57 Å². The Morgan fingerprint density at radius 2 is 2.29 bits per heavy atom. The number of esters is 1. The molecule has 0 saturated carbocycles. The molecule has 0 atom stereocenters. The van der Waals surface area contributed by atoms with Crippen LogP contribution in [0.4, 0.5) is 0 Å². The van der Waals surface area contributed by atoms with Crippen molar-refractivity contribution in [1.82, 2.24) is 0 Å². The summed E-state index contributed by atoms with van der Waals surface area (Å²) in [5.41, 5.74) is 0.433. The highest BCUT2D eigenvalue weighted by atomic mass is 127. The van der Waals surface area contributed by atoms with E-state index >= 15 is 0 Å². The largest absolute Gasteiger partial charge is 0.462 e. The quantitative estimate of drug-likeness (QED) is 0.506. The van der Waals surface area contributed by atoms with Gasteiger partial charge >= 0.3 is 5.97 Å². The number of benzene rings is 1. The number of carbonyl (C=O) groups excluding carboxylic acids is 1. The summed E-state index contributed by atoms with van der Waals surface area (Å²) in [7, 11) is 0. The Kier molecular flexibility index (Phi) is 4.53. The van der Waals surface area contributed by atoms with E-state index in [1.807, 2.05) is 0 Å². The minimum Gasteiger partial charge on any atom is -0.462 e. The fourth-order valence-electron chi connectivity index (χ4n) is 0.907. The normalized spacial score (nSPS) is 10.0. The molecule has 76 valence electrons. The molecule has 0 aromatic heterocycles. The van der Waals surface area contributed by atoms with Gasteiger partial charge in [0.25, 0.3) is 0 Å². The van der Waals surface area contributed by atoms with Crippen LogP contribution in [0.2, 0.25) is 5.02 Å². The summed E-state index contributed by atoms with van der Waals surface area (Å²) in [6.45, 7) is 2.11. The molecule has 0 spiro atoms. The first kappa shape index (κ1) is 12.1. The van der Waals surface area contributed by atoms with Crippen LogP contribution in [0.5, 0.6) is 0 Å². The van der Waals surface area contributed by atoms with Gasteiger partial charge in [0.05, 0.1) is 17.2 Å². The predicted octanol–water partition coefficient (Wildman–Crippen LogP) is 3.41. The van der Waals surface area contributed by atoms with Crippen LogP contribution in [-0.2, 0) is 4.74 Å². The Labute approximate surface area is 107 Å². The third-order valence-electron chi connectivity index (χ3n) is 1.52. The van der Waals surface area contributed by atoms with Gasteiger partial charge < -0.3 is 4.74 Å². The lowest BCUT2D eigenvalue weighted by Crippen LogP contribution is -2.04. The molecule has 0 N–H and O–H groups in total. The van der Waals surface area contributed by atoms with Crippen molar-refractivity contribution >= 4 is 52.8 Å². The van der Waals surface area contributed by atoms with E-state index < -0.39 is 0 Å². The van der Waals surface area contributed by atoms with E-state index in [9.17, 15) is 4.79 Å². The monoisotopic (exact) mass is 342 g/mol. The second-order valence-corrected chi connectivity index (χ2v) is 4.48. The van der Waals surface area contributed by atoms with Crippen molar-refractivity contribution in [3.05, 3.63) is 26.3 Å². The number of hydrogen-bond donors (Lipinski definition) is 1. The first-order valence-electron chi connectivity index (χ1n) is 3.91. The molecular weight excluding hydrogens is 335 g/mol. The molecular formula is C9H8ClIO2S. The molecule has 0 amide bonds. The van der Waals surface area contributed by atoms with Crippen LogP contribution >= 0.6 is 46.8 Å². The van der Waals surface area contributed by atoms with Crippen molar-refractivity contribution in [3.63, 3.8) is 0 Å². The molecule has 0 aliphatic heterocycles. The minimum absolute atomic E-state index is 0.352.